The van der Waals surface area contributed by atoms with Crippen molar-refractivity contribution in [2.75, 3.05) is 11.9 Å². The molecule has 4 nitrogen and oxygen atoms in total. The van der Waals surface area contributed by atoms with Gasteiger partial charge in [-0.05, 0) is 12.1 Å². The highest BCUT2D eigenvalue weighted by atomic mass is 32.1. The zero-order valence-electron chi connectivity index (χ0n) is 8.32. The molecule has 1 rings (SSSR count). The molecule has 1 aromatic carbocycles. The minimum atomic E-state index is -0.152. The van der Waals surface area contributed by atoms with Gasteiger partial charge >= 0.3 is 0 Å². The number of hydrogen-bond donors (Lipinski definition) is 2. The maximum atomic E-state index is 10.9. The predicted molar refractivity (Wildman–Crippen MR) is 63.0 cm³/mol. The lowest BCUT2D eigenvalue weighted by molar-refractivity contribution is -0.114. The number of benzene rings is 1. The maximum Gasteiger partial charge on any atom is 0.221 e. The maximum absolute atomic E-state index is 10.9. The number of nitrogens with one attached hydrogen (secondary N) is 1. The van der Waals surface area contributed by atoms with Crippen molar-refractivity contribution in [3.8, 4) is 5.75 Å². The van der Waals surface area contributed by atoms with E-state index in [2.05, 4.69) is 5.32 Å². The van der Waals surface area contributed by atoms with E-state index in [4.69, 9.17) is 22.7 Å². The normalized spacial score (nSPS) is 9.40. The highest BCUT2D eigenvalue weighted by molar-refractivity contribution is 7.80. The molecule has 0 saturated carbocycles. The Morgan fingerprint density at radius 1 is 1.53 bits per heavy atom. The molecule has 0 fully saturated rings. The first-order chi connectivity index (χ1) is 7.09. The molecular formula is C10H12N2O2S. The summed E-state index contributed by atoms with van der Waals surface area (Å²) < 4.78 is 5.32. The Morgan fingerprint density at radius 2 is 2.20 bits per heavy atom. The zero-order chi connectivity index (χ0) is 11.3. The van der Waals surface area contributed by atoms with Gasteiger partial charge in [-0.3, -0.25) is 4.79 Å². The first-order valence-corrected chi connectivity index (χ1v) is 4.78. The number of rotatable bonds is 4. The van der Waals surface area contributed by atoms with E-state index in [0.717, 1.165) is 0 Å². The Hall–Kier alpha value is -1.62. The van der Waals surface area contributed by atoms with Crippen molar-refractivity contribution in [1.82, 2.24) is 0 Å². The third-order valence-electron chi connectivity index (χ3n) is 1.57. The van der Waals surface area contributed by atoms with Crippen LogP contribution in [-0.4, -0.2) is 17.5 Å². The van der Waals surface area contributed by atoms with E-state index >= 15 is 0 Å². The lowest BCUT2D eigenvalue weighted by Gasteiger charge is -2.10. The summed E-state index contributed by atoms with van der Waals surface area (Å²) in [4.78, 5) is 11.2. The quantitative estimate of drug-likeness (QED) is 0.757. The monoisotopic (exact) mass is 224 g/mol. The number of nitrogens with two attached hydrogens (primary N) is 1. The second kappa shape index (κ2) is 5.31. The average molecular weight is 224 g/mol. The molecule has 5 heteroatoms. The summed E-state index contributed by atoms with van der Waals surface area (Å²) in [6.07, 6.45) is 0. The number of ether oxygens (including phenoxy) is 1. The number of anilines is 1. The molecule has 0 bridgehead atoms. The van der Waals surface area contributed by atoms with Gasteiger partial charge < -0.3 is 15.8 Å². The number of carbonyl (C=O) groups excluding carboxylic acids is 1. The van der Waals surface area contributed by atoms with Gasteiger partial charge in [0.15, 0.2) is 0 Å². The molecule has 0 aliphatic rings. The Kier molecular flexibility index (Phi) is 4.05. The van der Waals surface area contributed by atoms with E-state index < -0.39 is 0 Å². The summed E-state index contributed by atoms with van der Waals surface area (Å²) in [6, 6.07) is 7.10. The van der Waals surface area contributed by atoms with E-state index in [1.165, 1.54) is 6.92 Å². The topological polar surface area (TPSA) is 64.3 Å². The molecule has 0 spiro atoms. The smallest absolute Gasteiger partial charge is 0.221 e. The van der Waals surface area contributed by atoms with Gasteiger partial charge in [0.25, 0.3) is 0 Å². The van der Waals surface area contributed by atoms with Crippen molar-refractivity contribution in [2.45, 2.75) is 6.92 Å². The largest absolute Gasteiger partial charge is 0.484 e. The van der Waals surface area contributed by atoms with Gasteiger partial charge in [0.2, 0.25) is 5.91 Å². The molecule has 3 N–H and O–H groups in total. The van der Waals surface area contributed by atoms with Crippen LogP contribution in [0.15, 0.2) is 24.3 Å². The zero-order valence-corrected chi connectivity index (χ0v) is 9.14. The summed E-state index contributed by atoms with van der Waals surface area (Å²) in [6.45, 7) is 1.59. The van der Waals surface area contributed by atoms with Crippen molar-refractivity contribution in [3.63, 3.8) is 0 Å². The van der Waals surface area contributed by atoms with Crippen molar-refractivity contribution in [2.24, 2.45) is 5.73 Å². The van der Waals surface area contributed by atoms with Gasteiger partial charge in [0, 0.05) is 6.92 Å². The summed E-state index contributed by atoms with van der Waals surface area (Å²) in [5, 5.41) is 2.65. The van der Waals surface area contributed by atoms with E-state index in [-0.39, 0.29) is 17.5 Å². The Balaban J connectivity index is 2.76. The summed E-state index contributed by atoms with van der Waals surface area (Å²) in [5.41, 5.74) is 5.92. The molecule has 1 aromatic rings. The first-order valence-electron chi connectivity index (χ1n) is 4.37. The molecule has 1 amide bonds. The molecule has 15 heavy (non-hydrogen) atoms. The molecular weight excluding hydrogens is 212 g/mol. The van der Waals surface area contributed by atoms with Crippen LogP contribution < -0.4 is 15.8 Å². The third kappa shape index (κ3) is 3.95. The van der Waals surface area contributed by atoms with E-state index in [1.54, 1.807) is 24.3 Å². The molecule has 0 atom stereocenters. The summed E-state index contributed by atoms with van der Waals surface area (Å²) in [7, 11) is 0. The first kappa shape index (κ1) is 11.5. The molecule has 0 aliphatic carbocycles. The standard InChI is InChI=1S/C10H12N2O2S/c1-7(13)12-8-4-2-3-5-9(8)14-6-10(11)15/h2-5H,6H2,1H3,(H2,11,15)(H,12,13). The van der Waals surface area contributed by atoms with E-state index in [0.29, 0.717) is 11.4 Å². The fourth-order valence-corrected chi connectivity index (χ4v) is 1.09. The molecule has 0 heterocycles. The van der Waals surface area contributed by atoms with Gasteiger partial charge in [-0.15, -0.1) is 0 Å². The van der Waals surface area contributed by atoms with E-state index in [9.17, 15) is 4.79 Å². The van der Waals surface area contributed by atoms with Gasteiger partial charge in [-0.2, -0.15) is 0 Å². The second-order valence-corrected chi connectivity index (χ2v) is 3.46. The van der Waals surface area contributed by atoms with Crippen LogP contribution in [0, 0.1) is 0 Å². The fraction of sp³-hybridized carbons (Fsp3) is 0.200. The van der Waals surface area contributed by atoms with Gasteiger partial charge in [0.1, 0.15) is 17.3 Å². The van der Waals surface area contributed by atoms with Crippen LogP contribution in [0.1, 0.15) is 6.92 Å². The van der Waals surface area contributed by atoms with Crippen molar-refractivity contribution in [3.05, 3.63) is 24.3 Å². The number of thiocarbonyl (C=S) groups is 1. The Morgan fingerprint density at radius 3 is 2.80 bits per heavy atom. The van der Waals surface area contributed by atoms with Crippen LogP contribution in [0.2, 0.25) is 0 Å². The highest BCUT2D eigenvalue weighted by Gasteiger charge is 2.04. The van der Waals surface area contributed by atoms with Crippen LogP contribution in [0.5, 0.6) is 5.75 Å². The molecule has 0 saturated heterocycles. The lowest BCUT2D eigenvalue weighted by Crippen LogP contribution is -2.18. The molecule has 80 valence electrons. The van der Waals surface area contributed by atoms with Crippen molar-refractivity contribution < 1.29 is 9.53 Å². The minimum absolute atomic E-state index is 0.152. The summed E-state index contributed by atoms with van der Waals surface area (Å²) in [5.74, 6) is 0.405. The number of hydrogen-bond acceptors (Lipinski definition) is 3. The Bertz CT molecular complexity index is 379. The van der Waals surface area contributed by atoms with Gasteiger partial charge in [-0.25, -0.2) is 0 Å². The molecule has 0 radical (unpaired) electrons. The number of para-hydroxylation sites is 2. The van der Waals surface area contributed by atoms with Crippen LogP contribution in [-0.2, 0) is 4.79 Å². The predicted octanol–water partition coefficient (Wildman–Crippen LogP) is 1.31. The number of amides is 1. The van der Waals surface area contributed by atoms with Crippen molar-refractivity contribution in [1.29, 1.82) is 0 Å². The summed E-state index contributed by atoms with van der Waals surface area (Å²) >= 11 is 4.69. The second-order valence-electron chi connectivity index (χ2n) is 2.93. The minimum Gasteiger partial charge on any atom is -0.484 e. The van der Waals surface area contributed by atoms with Crippen LogP contribution in [0.25, 0.3) is 0 Å². The van der Waals surface area contributed by atoms with Gasteiger partial charge in [-0.1, -0.05) is 24.4 Å². The van der Waals surface area contributed by atoms with Crippen molar-refractivity contribution >= 4 is 28.8 Å². The van der Waals surface area contributed by atoms with Crippen LogP contribution >= 0.6 is 12.2 Å². The molecule has 0 aliphatic heterocycles. The average Bonchev–Trinajstić information content (AvgIpc) is 2.15. The van der Waals surface area contributed by atoms with Gasteiger partial charge in [0.05, 0.1) is 5.69 Å². The highest BCUT2D eigenvalue weighted by Crippen LogP contribution is 2.23. The van der Waals surface area contributed by atoms with E-state index in [1.807, 2.05) is 0 Å². The Labute approximate surface area is 93.4 Å². The van der Waals surface area contributed by atoms with Crippen LogP contribution in [0.4, 0.5) is 5.69 Å². The number of carbonyl (C=O) groups is 1. The fourth-order valence-electron chi connectivity index (χ4n) is 1.03. The molecule has 0 unspecified atom stereocenters. The SMILES string of the molecule is CC(=O)Nc1ccccc1OCC(N)=S. The third-order valence-corrected chi connectivity index (χ3v) is 1.69. The molecule has 0 aromatic heterocycles. The lowest BCUT2D eigenvalue weighted by atomic mass is 10.3. The van der Waals surface area contributed by atoms with Crippen LogP contribution in [0.3, 0.4) is 0 Å².